The lowest BCUT2D eigenvalue weighted by atomic mass is 9.84. The number of hydrogen-bond donors (Lipinski definition) is 4. The average Bonchev–Trinajstić information content (AvgIpc) is 3.32. The van der Waals surface area contributed by atoms with Gasteiger partial charge in [0.2, 0.25) is 11.8 Å². The molecule has 0 spiro atoms. The number of nitrogens with one attached hydrogen (secondary N) is 2. The second-order valence-electron chi connectivity index (χ2n) is 9.44. The molecule has 2 rings (SSSR count). The standard InChI is InChI=1S/C20H34N4O5/c1-11(2)10-13(14(25)18(27)23-28)17(26)21-15(20(3,4)5)16-22-19(29-24-16)12-8-6-7-9-12/h11-15,25,28H,6-10H2,1-5H3,(H,21,26)(H,23,27)/t13-,14+,15-/m1/s1. The molecule has 1 aromatic rings. The summed E-state index contributed by atoms with van der Waals surface area (Å²) in [5, 5.41) is 26.1. The summed E-state index contributed by atoms with van der Waals surface area (Å²) in [6.07, 6.45) is 2.94. The van der Waals surface area contributed by atoms with Gasteiger partial charge in [0.15, 0.2) is 5.82 Å². The van der Waals surface area contributed by atoms with Gasteiger partial charge in [0, 0.05) is 5.92 Å². The fraction of sp³-hybridized carbons (Fsp3) is 0.800. The van der Waals surface area contributed by atoms with Crippen molar-refractivity contribution in [1.29, 1.82) is 0 Å². The van der Waals surface area contributed by atoms with E-state index >= 15 is 0 Å². The highest BCUT2D eigenvalue weighted by Crippen LogP contribution is 2.36. The molecule has 1 heterocycles. The minimum Gasteiger partial charge on any atom is -0.382 e. The van der Waals surface area contributed by atoms with Crippen LogP contribution in [0.4, 0.5) is 0 Å². The van der Waals surface area contributed by atoms with E-state index in [4.69, 9.17) is 9.73 Å². The highest BCUT2D eigenvalue weighted by molar-refractivity contribution is 5.88. The van der Waals surface area contributed by atoms with Crippen LogP contribution >= 0.6 is 0 Å². The van der Waals surface area contributed by atoms with Gasteiger partial charge < -0.3 is 14.9 Å². The Morgan fingerprint density at radius 3 is 2.34 bits per heavy atom. The van der Waals surface area contributed by atoms with Crippen LogP contribution in [0.5, 0.6) is 0 Å². The fourth-order valence-electron chi connectivity index (χ4n) is 3.76. The van der Waals surface area contributed by atoms with E-state index in [1.165, 1.54) is 5.48 Å². The van der Waals surface area contributed by atoms with Crippen molar-refractivity contribution in [2.75, 3.05) is 0 Å². The highest BCUT2D eigenvalue weighted by Gasteiger charge is 2.38. The van der Waals surface area contributed by atoms with Gasteiger partial charge in [-0.25, -0.2) is 5.48 Å². The third-order valence-electron chi connectivity index (χ3n) is 5.39. The molecule has 4 N–H and O–H groups in total. The summed E-state index contributed by atoms with van der Waals surface area (Å²) in [6, 6.07) is -0.562. The molecule has 0 bridgehead atoms. The maximum atomic E-state index is 13.0. The number of amides is 2. The van der Waals surface area contributed by atoms with Crippen LogP contribution in [0.15, 0.2) is 4.52 Å². The molecule has 29 heavy (non-hydrogen) atoms. The average molecular weight is 411 g/mol. The van der Waals surface area contributed by atoms with Crippen LogP contribution in [0.3, 0.4) is 0 Å². The normalized spacial score (nSPS) is 18.5. The molecule has 0 aromatic carbocycles. The second-order valence-corrected chi connectivity index (χ2v) is 9.44. The van der Waals surface area contributed by atoms with Crippen molar-refractivity contribution in [3.05, 3.63) is 11.7 Å². The van der Waals surface area contributed by atoms with Gasteiger partial charge in [-0.2, -0.15) is 4.98 Å². The first-order valence-electron chi connectivity index (χ1n) is 10.3. The highest BCUT2D eigenvalue weighted by atomic mass is 16.5. The smallest absolute Gasteiger partial charge is 0.272 e. The van der Waals surface area contributed by atoms with E-state index < -0.39 is 35.3 Å². The van der Waals surface area contributed by atoms with Crippen molar-refractivity contribution in [1.82, 2.24) is 20.9 Å². The number of aromatic nitrogens is 2. The Morgan fingerprint density at radius 2 is 1.83 bits per heavy atom. The number of aliphatic hydroxyl groups is 1. The molecule has 0 saturated heterocycles. The monoisotopic (exact) mass is 410 g/mol. The molecule has 0 aliphatic heterocycles. The summed E-state index contributed by atoms with van der Waals surface area (Å²) >= 11 is 0. The van der Waals surface area contributed by atoms with Crippen LogP contribution in [-0.4, -0.2) is 38.4 Å². The lowest BCUT2D eigenvalue weighted by Gasteiger charge is -2.31. The SMILES string of the molecule is CC(C)C[C@@H](C(=O)N[C@H](c1noc(C2CCCC2)n1)C(C)(C)C)[C@H](O)C(=O)NO. The molecule has 2 amide bonds. The van der Waals surface area contributed by atoms with Gasteiger partial charge in [0.25, 0.3) is 5.91 Å². The van der Waals surface area contributed by atoms with E-state index in [0.717, 1.165) is 25.7 Å². The van der Waals surface area contributed by atoms with Crippen molar-refractivity contribution in [2.45, 2.75) is 84.8 Å². The lowest BCUT2D eigenvalue weighted by molar-refractivity contribution is -0.147. The van der Waals surface area contributed by atoms with E-state index in [0.29, 0.717) is 11.7 Å². The van der Waals surface area contributed by atoms with Crippen molar-refractivity contribution in [3.8, 4) is 0 Å². The topological polar surface area (TPSA) is 138 Å². The minimum absolute atomic E-state index is 0.0547. The predicted molar refractivity (Wildman–Crippen MR) is 105 cm³/mol. The Bertz CT molecular complexity index is 691. The first-order valence-corrected chi connectivity index (χ1v) is 10.3. The van der Waals surface area contributed by atoms with Crippen molar-refractivity contribution >= 4 is 11.8 Å². The van der Waals surface area contributed by atoms with Gasteiger partial charge in [0.1, 0.15) is 6.10 Å². The Hall–Kier alpha value is -2.00. The van der Waals surface area contributed by atoms with Gasteiger partial charge in [-0.05, 0) is 30.6 Å². The van der Waals surface area contributed by atoms with Gasteiger partial charge in [-0.1, -0.05) is 52.6 Å². The Balaban J connectivity index is 2.23. The van der Waals surface area contributed by atoms with E-state index in [2.05, 4.69) is 15.5 Å². The van der Waals surface area contributed by atoms with Crippen LogP contribution in [0.25, 0.3) is 0 Å². The number of carbonyl (C=O) groups excluding carboxylic acids is 2. The fourth-order valence-corrected chi connectivity index (χ4v) is 3.76. The van der Waals surface area contributed by atoms with Gasteiger partial charge in [0.05, 0.1) is 12.0 Å². The maximum Gasteiger partial charge on any atom is 0.272 e. The summed E-state index contributed by atoms with van der Waals surface area (Å²) < 4.78 is 5.48. The molecule has 1 aliphatic rings. The van der Waals surface area contributed by atoms with Crippen molar-refractivity contribution in [2.24, 2.45) is 17.3 Å². The molecule has 0 radical (unpaired) electrons. The molecular formula is C20H34N4O5. The molecular weight excluding hydrogens is 376 g/mol. The molecule has 3 atom stereocenters. The molecule has 9 heteroatoms. The van der Waals surface area contributed by atoms with Gasteiger partial charge >= 0.3 is 0 Å². The summed E-state index contributed by atoms with van der Waals surface area (Å²) in [7, 11) is 0. The van der Waals surface area contributed by atoms with Crippen LogP contribution in [-0.2, 0) is 9.59 Å². The molecule has 1 aromatic heterocycles. The largest absolute Gasteiger partial charge is 0.382 e. The van der Waals surface area contributed by atoms with E-state index in [1.807, 2.05) is 34.6 Å². The summed E-state index contributed by atoms with van der Waals surface area (Å²) in [4.78, 5) is 29.3. The van der Waals surface area contributed by atoms with E-state index in [9.17, 15) is 14.7 Å². The predicted octanol–water partition coefficient (Wildman–Crippen LogP) is 2.46. The summed E-state index contributed by atoms with van der Waals surface area (Å²) in [5.74, 6) is -1.23. The Morgan fingerprint density at radius 1 is 1.21 bits per heavy atom. The molecule has 1 fully saturated rings. The quantitative estimate of drug-likeness (QED) is 0.381. The number of aliphatic hydroxyl groups excluding tert-OH is 1. The van der Waals surface area contributed by atoms with E-state index in [-0.39, 0.29) is 18.3 Å². The van der Waals surface area contributed by atoms with Crippen LogP contribution in [0.1, 0.15) is 90.4 Å². The summed E-state index contributed by atoms with van der Waals surface area (Å²) in [5.41, 5.74) is 0.983. The van der Waals surface area contributed by atoms with Gasteiger partial charge in [-0.15, -0.1) is 0 Å². The zero-order valence-electron chi connectivity index (χ0n) is 17.9. The third-order valence-corrected chi connectivity index (χ3v) is 5.39. The van der Waals surface area contributed by atoms with E-state index in [1.54, 1.807) is 0 Å². The van der Waals surface area contributed by atoms with Crippen LogP contribution in [0.2, 0.25) is 0 Å². The molecule has 0 unspecified atom stereocenters. The maximum absolute atomic E-state index is 13.0. The molecule has 1 aliphatic carbocycles. The first kappa shape index (κ1) is 23.3. The first-order chi connectivity index (χ1) is 13.5. The molecule has 9 nitrogen and oxygen atoms in total. The lowest BCUT2D eigenvalue weighted by Crippen LogP contribution is -2.48. The zero-order valence-corrected chi connectivity index (χ0v) is 17.9. The second kappa shape index (κ2) is 9.67. The molecule has 1 saturated carbocycles. The third kappa shape index (κ3) is 5.99. The number of hydrogen-bond acceptors (Lipinski definition) is 7. The zero-order chi connectivity index (χ0) is 21.8. The van der Waals surface area contributed by atoms with Gasteiger partial charge in [-0.3, -0.25) is 14.8 Å². The van der Waals surface area contributed by atoms with Crippen LogP contribution < -0.4 is 10.8 Å². The Labute approximate surface area is 171 Å². The number of hydroxylamine groups is 1. The van der Waals surface area contributed by atoms with Crippen molar-refractivity contribution in [3.63, 3.8) is 0 Å². The minimum atomic E-state index is -1.66. The summed E-state index contributed by atoms with van der Waals surface area (Å²) in [6.45, 7) is 9.60. The van der Waals surface area contributed by atoms with Crippen molar-refractivity contribution < 1.29 is 24.4 Å². The number of nitrogens with zero attached hydrogens (tertiary/aromatic N) is 2. The Kier molecular flexibility index (Phi) is 7.76. The number of rotatable bonds is 8. The van der Waals surface area contributed by atoms with Crippen LogP contribution in [0, 0.1) is 17.3 Å². The number of carbonyl (C=O) groups is 2. The molecule has 164 valence electrons.